The molecule has 1 rings (SSSR count). The van der Waals surface area contributed by atoms with Gasteiger partial charge < -0.3 is 10.2 Å². The summed E-state index contributed by atoms with van der Waals surface area (Å²) in [5.74, 6) is -0.270. The first kappa shape index (κ1) is 11.0. The summed E-state index contributed by atoms with van der Waals surface area (Å²) in [6, 6.07) is 7.77. The molecule has 0 amide bonds. The lowest BCUT2D eigenvalue weighted by Gasteiger charge is -2.18. The van der Waals surface area contributed by atoms with E-state index in [1.54, 1.807) is 0 Å². The van der Waals surface area contributed by atoms with Crippen molar-refractivity contribution in [2.75, 3.05) is 6.61 Å². The highest BCUT2D eigenvalue weighted by Crippen LogP contribution is 2.20. The first-order chi connectivity index (χ1) is 6.69. The number of rotatable bonds is 4. The number of hydrogen-bond donors (Lipinski definition) is 2. The maximum absolute atomic E-state index is 9.56. The van der Waals surface area contributed by atoms with E-state index in [1.807, 2.05) is 31.2 Å². The van der Waals surface area contributed by atoms with Crippen molar-refractivity contribution in [2.45, 2.75) is 18.9 Å². The summed E-state index contributed by atoms with van der Waals surface area (Å²) in [5, 5.41) is 18.7. The van der Waals surface area contributed by atoms with Crippen LogP contribution in [-0.4, -0.2) is 22.9 Å². The minimum Gasteiger partial charge on any atom is -0.396 e. The average Bonchev–Trinajstić information content (AvgIpc) is 2.21. The molecule has 0 spiro atoms. The van der Waals surface area contributed by atoms with Gasteiger partial charge in [0.1, 0.15) is 0 Å². The smallest absolute Gasteiger partial charge is 0.0808 e. The highest BCUT2D eigenvalue weighted by atomic mass is 16.3. The summed E-state index contributed by atoms with van der Waals surface area (Å²) >= 11 is 0. The molecule has 0 saturated heterocycles. The van der Waals surface area contributed by atoms with Gasteiger partial charge in [0.25, 0.3) is 0 Å². The lowest BCUT2D eigenvalue weighted by atomic mass is 9.93. The van der Waals surface area contributed by atoms with E-state index < -0.39 is 6.10 Å². The highest BCUT2D eigenvalue weighted by molar-refractivity contribution is 5.26. The van der Waals surface area contributed by atoms with E-state index >= 15 is 0 Å². The lowest BCUT2D eigenvalue weighted by molar-refractivity contribution is 0.142. The van der Waals surface area contributed by atoms with Crippen LogP contribution in [-0.2, 0) is 0 Å². The van der Waals surface area contributed by atoms with Gasteiger partial charge in [0, 0.05) is 5.92 Å². The van der Waals surface area contributed by atoms with Gasteiger partial charge in [0.2, 0.25) is 0 Å². The van der Waals surface area contributed by atoms with Gasteiger partial charge >= 0.3 is 0 Å². The number of aliphatic hydroxyl groups is 2. The van der Waals surface area contributed by atoms with Crippen molar-refractivity contribution in [3.63, 3.8) is 0 Å². The topological polar surface area (TPSA) is 40.5 Å². The van der Waals surface area contributed by atoms with Crippen LogP contribution in [0.1, 0.15) is 17.0 Å². The Morgan fingerprint density at radius 1 is 1.36 bits per heavy atom. The zero-order chi connectivity index (χ0) is 10.6. The van der Waals surface area contributed by atoms with Crippen LogP contribution < -0.4 is 0 Å². The van der Waals surface area contributed by atoms with Crippen molar-refractivity contribution < 1.29 is 10.2 Å². The third-order valence-electron chi connectivity index (χ3n) is 2.36. The molecular weight excluding hydrogens is 176 g/mol. The first-order valence-corrected chi connectivity index (χ1v) is 4.67. The number of aliphatic hydroxyl groups excluding tert-OH is 2. The highest BCUT2D eigenvalue weighted by Gasteiger charge is 2.16. The molecule has 76 valence electrons. The summed E-state index contributed by atoms with van der Waals surface area (Å²) in [5.41, 5.74) is 2.10. The molecule has 0 aromatic heterocycles. The van der Waals surface area contributed by atoms with Gasteiger partial charge in [-0.1, -0.05) is 35.9 Å². The van der Waals surface area contributed by atoms with Crippen LogP contribution in [0.15, 0.2) is 36.9 Å². The number of hydrogen-bond acceptors (Lipinski definition) is 2. The van der Waals surface area contributed by atoms with Crippen LogP contribution in [0, 0.1) is 6.92 Å². The standard InChI is InChI=1S/C12H16O2/c1-3-12(14)11(8-13)10-6-4-9(2)5-7-10/h3-7,11-14H,1,8H2,2H3. The zero-order valence-electron chi connectivity index (χ0n) is 8.35. The van der Waals surface area contributed by atoms with E-state index in [-0.39, 0.29) is 12.5 Å². The van der Waals surface area contributed by atoms with E-state index in [4.69, 9.17) is 5.11 Å². The Hall–Kier alpha value is -1.12. The fraction of sp³-hybridized carbons (Fsp3) is 0.333. The van der Waals surface area contributed by atoms with Gasteiger partial charge in [-0.2, -0.15) is 0 Å². The van der Waals surface area contributed by atoms with E-state index in [0.717, 1.165) is 5.56 Å². The maximum atomic E-state index is 9.56. The van der Waals surface area contributed by atoms with Crippen molar-refractivity contribution in [1.82, 2.24) is 0 Å². The third-order valence-corrected chi connectivity index (χ3v) is 2.36. The van der Waals surface area contributed by atoms with Crippen molar-refractivity contribution in [3.05, 3.63) is 48.0 Å². The molecule has 0 heterocycles. The molecule has 0 bridgehead atoms. The van der Waals surface area contributed by atoms with Crippen LogP contribution in [0.5, 0.6) is 0 Å². The van der Waals surface area contributed by atoms with E-state index in [1.165, 1.54) is 11.6 Å². The second-order valence-corrected chi connectivity index (χ2v) is 3.43. The largest absolute Gasteiger partial charge is 0.396 e. The Kier molecular flexibility index (Phi) is 3.86. The Balaban J connectivity index is 2.89. The van der Waals surface area contributed by atoms with Gasteiger partial charge in [-0.25, -0.2) is 0 Å². The van der Waals surface area contributed by atoms with Gasteiger partial charge in [-0.15, -0.1) is 6.58 Å². The van der Waals surface area contributed by atoms with Crippen LogP contribution in [0.3, 0.4) is 0 Å². The average molecular weight is 192 g/mol. The summed E-state index contributed by atoms with van der Waals surface area (Å²) in [6.07, 6.45) is 0.753. The fourth-order valence-corrected chi connectivity index (χ4v) is 1.39. The molecule has 1 aromatic rings. The zero-order valence-corrected chi connectivity index (χ0v) is 8.35. The summed E-state index contributed by atoms with van der Waals surface area (Å²) in [7, 11) is 0. The van der Waals surface area contributed by atoms with E-state index in [0.29, 0.717) is 0 Å². The summed E-state index contributed by atoms with van der Waals surface area (Å²) in [4.78, 5) is 0. The third kappa shape index (κ3) is 2.44. The molecule has 0 radical (unpaired) electrons. The fourth-order valence-electron chi connectivity index (χ4n) is 1.39. The Morgan fingerprint density at radius 3 is 2.36 bits per heavy atom. The first-order valence-electron chi connectivity index (χ1n) is 4.67. The molecule has 2 nitrogen and oxygen atoms in total. The van der Waals surface area contributed by atoms with Crippen LogP contribution in [0.25, 0.3) is 0 Å². The van der Waals surface area contributed by atoms with Crippen molar-refractivity contribution in [2.24, 2.45) is 0 Å². The molecule has 14 heavy (non-hydrogen) atoms. The molecule has 1 aromatic carbocycles. The molecule has 0 aliphatic rings. The maximum Gasteiger partial charge on any atom is 0.0808 e. The van der Waals surface area contributed by atoms with Crippen LogP contribution in [0.2, 0.25) is 0 Å². The van der Waals surface area contributed by atoms with E-state index in [2.05, 4.69) is 6.58 Å². The molecule has 0 saturated carbocycles. The second kappa shape index (κ2) is 4.94. The molecule has 2 unspecified atom stereocenters. The van der Waals surface area contributed by atoms with Gasteiger partial charge in [0.05, 0.1) is 12.7 Å². The quantitative estimate of drug-likeness (QED) is 0.712. The number of aryl methyl sites for hydroxylation is 1. The molecule has 2 N–H and O–H groups in total. The van der Waals surface area contributed by atoms with Crippen molar-refractivity contribution >= 4 is 0 Å². The Labute approximate surface area is 84.5 Å². The molecule has 0 fully saturated rings. The molecular formula is C12H16O2. The molecule has 0 aliphatic heterocycles. The monoisotopic (exact) mass is 192 g/mol. The Morgan fingerprint density at radius 2 is 1.93 bits per heavy atom. The lowest BCUT2D eigenvalue weighted by Crippen LogP contribution is -2.19. The van der Waals surface area contributed by atoms with Gasteiger partial charge in [-0.05, 0) is 12.5 Å². The molecule has 0 aliphatic carbocycles. The minimum atomic E-state index is -0.692. The summed E-state index contributed by atoms with van der Waals surface area (Å²) in [6.45, 7) is 5.44. The molecule has 2 heteroatoms. The van der Waals surface area contributed by atoms with E-state index in [9.17, 15) is 5.11 Å². The minimum absolute atomic E-state index is 0.0732. The van der Waals surface area contributed by atoms with Gasteiger partial charge in [0.15, 0.2) is 0 Å². The van der Waals surface area contributed by atoms with Crippen molar-refractivity contribution in [3.8, 4) is 0 Å². The van der Waals surface area contributed by atoms with Crippen LogP contribution in [0.4, 0.5) is 0 Å². The SMILES string of the molecule is C=CC(O)C(CO)c1ccc(C)cc1. The predicted octanol–water partition coefficient (Wildman–Crippen LogP) is 1.62. The normalized spacial score (nSPS) is 14.8. The van der Waals surface area contributed by atoms with Crippen LogP contribution >= 0.6 is 0 Å². The van der Waals surface area contributed by atoms with Gasteiger partial charge in [-0.3, -0.25) is 0 Å². The van der Waals surface area contributed by atoms with Crippen molar-refractivity contribution in [1.29, 1.82) is 0 Å². The Bertz CT molecular complexity index is 290. The predicted molar refractivity (Wildman–Crippen MR) is 57.2 cm³/mol. The summed E-state index contributed by atoms with van der Waals surface area (Å²) < 4.78 is 0. The number of benzene rings is 1. The second-order valence-electron chi connectivity index (χ2n) is 3.43. The molecule has 2 atom stereocenters.